The highest BCUT2D eigenvalue weighted by Gasteiger charge is 2.17. The van der Waals surface area contributed by atoms with Crippen molar-refractivity contribution in [1.82, 2.24) is 40.0 Å². The molecule has 0 aromatic carbocycles. The van der Waals surface area contributed by atoms with Crippen LogP contribution in [0.15, 0.2) is 55.1 Å². The lowest BCUT2D eigenvalue weighted by Crippen LogP contribution is -2.10. The molecular formula is C25H22N8S. The second kappa shape index (κ2) is 8.12. The van der Waals surface area contributed by atoms with Crippen molar-refractivity contribution in [2.75, 3.05) is 14.1 Å². The summed E-state index contributed by atoms with van der Waals surface area (Å²) in [4.78, 5) is 26.3. The minimum absolute atomic E-state index is 0.671. The van der Waals surface area contributed by atoms with E-state index < -0.39 is 0 Å². The van der Waals surface area contributed by atoms with Gasteiger partial charge in [0.1, 0.15) is 5.69 Å². The van der Waals surface area contributed by atoms with Crippen LogP contribution in [-0.2, 0) is 6.54 Å². The van der Waals surface area contributed by atoms with Gasteiger partial charge >= 0.3 is 0 Å². The van der Waals surface area contributed by atoms with Crippen LogP contribution >= 0.6 is 11.3 Å². The number of aromatic amines is 2. The van der Waals surface area contributed by atoms with Crippen LogP contribution in [0.5, 0.6) is 0 Å². The smallest absolute Gasteiger partial charge is 0.178 e. The van der Waals surface area contributed by atoms with E-state index in [0.29, 0.717) is 11.5 Å². The molecule has 0 amide bonds. The Balaban J connectivity index is 1.45. The van der Waals surface area contributed by atoms with Crippen molar-refractivity contribution in [3.63, 3.8) is 0 Å². The molecule has 2 N–H and O–H groups in total. The lowest BCUT2D eigenvalue weighted by molar-refractivity contribution is 0.402. The first-order valence-corrected chi connectivity index (χ1v) is 11.7. The molecule has 0 bridgehead atoms. The fourth-order valence-corrected chi connectivity index (χ4v) is 5.04. The Morgan fingerprint density at radius 1 is 1.03 bits per heavy atom. The Bertz CT molecular complexity index is 1640. The molecule has 8 nitrogen and oxygen atoms in total. The molecule has 6 aromatic heterocycles. The second-order valence-corrected chi connectivity index (χ2v) is 9.85. The van der Waals surface area contributed by atoms with Crippen molar-refractivity contribution in [2.45, 2.75) is 13.5 Å². The van der Waals surface area contributed by atoms with Gasteiger partial charge in [-0.05, 0) is 56.9 Å². The average Bonchev–Trinajstić information content (AvgIpc) is 3.55. The lowest BCUT2D eigenvalue weighted by atomic mass is 10.1. The van der Waals surface area contributed by atoms with Crippen LogP contribution in [0.1, 0.15) is 10.4 Å². The van der Waals surface area contributed by atoms with E-state index in [9.17, 15) is 0 Å². The average molecular weight is 467 g/mol. The van der Waals surface area contributed by atoms with Crippen molar-refractivity contribution in [2.24, 2.45) is 0 Å². The van der Waals surface area contributed by atoms with Crippen LogP contribution in [0.25, 0.3) is 55.3 Å². The van der Waals surface area contributed by atoms with E-state index in [2.05, 4.69) is 60.2 Å². The van der Waals surface area contributed by atoms with Gasteiger partial charge in [0.15, 0.2) is 11.5 Å². The first kappa shape index (κ1) is 20.6. The first-order chi connectivity index (χ1) is 16.5. The molecule has 34 heavy (non-hydrogen) atoms. The summed E-state index contributed by atoms with van der Waals surface area (Å²) in [6.07, 6.45) is 7.34. The standard InChI is InChI=1S/C25H22N8S/c1-14-4-5-21(34-14)17-6-7-27-24-22(17)29-25(30-24)23-18-9-19(28-12-20(18)31-32-23)16-8-15(10-26-11-16)13-33(2)3/h4-12H,13H2,1-3H3,(H,31,32)(H,27,29,30). The Morgan fingerprint density at radius 3 is 2.76 bits per heavy atom. The quantitative estimate of drug-likeness (QED) is 0.369. The van der Waals surface area contributed by atoms with Gasteiger partial charge in [-0.15, -0.1) is 11.3 Å². The Morgan fingerprint density at radius 2 is 1.94 bits per heavy atom. The number of aryl methyl sites for hydroxylation is 1. The maximum Gasteiger partial charge on any atom is 0.178 e. The van der Waals surface area contributed by atoms with E-state index in [1.807, 2.05) is 38.6 Å². The third-order valence-corrected chi connectivity index (χ3v) is 6.69. The zero-order chi connectivity index (χ0) is 23.2. The molecule has 0 fully saturated rings. The zero-order valence-electron chi connectivity index (χ0n) is 19.0. The largest absolute Gasteiger partial charge is 0.335 e. The third-order valence-electron chi connectivity index (χ3n) is 5.66. The summed E-state index contributed by atoms with van der Waals surface area (Å²) in [7, 11) is 4.09. The number of nitrogens with zero attached hydrogens (tertiary/aromatic N) is 6. The number of rotatable bonds is 5. The summed E-state index contributed by atoms with van der Waals surface area (Å²) in [5.41, 5.74) is 7.20. The molecule has 0 saturated heterocycles. The number of pyridine rings is 3. The minimum atomic E-state index is 0.671. The van der Waals surface area contributed by atoms with Crippen molar-refractivity contribution >= 4 is 33.4 Å². The summed E-state index contributed by atoms with van der Waals surface area (Å²) in [5.74, 6) is 0.672. The van der Waals surface area contributed by atoms with Crippen LogP contribution in [0.2, 0.25) is 0 Å². The normalized spacial score (nSPS) is 11.8. The zero-order valence-corrected chi connectivity index (χ0v) is 19.8. The number of H-pyrrole nitrogens is 2. The van der Waals surface area contributed by atoms with Crippen molar-refractivity contribution < 1.29 is 0 Å². The molecule has 0 saturated carbocycles. The number of thiophene rings is 1. The van der Waals surface area contributed by atoms with E-state index in [0.717, 1.165) is 51.0 Å². The minimum Gasteiger partial charge on any atom is -0.335 e. The van der Waals surface area contributed by atoms with Gasteiger partial charge in [0, 0.05) is 51.4 Å². The fourth-order valence-electron chi connectivity index (χ4n) is 4.14. The number of aromatic nitrogens is 7. The summed E-state index contributed by atoms with van der Waals surface area (Å²) in [6, 6.07) is 10.4. The van der Waals surface area contributed by atoms with Gasteiger partial charge in [-0.3, -0.25) is 15.1 Å². The molecule has 0 radical (unpaired) electrons. The van der Waals surface area contributed by atoms with Crippen molar-refractivity contribution in [3.05, 3.63) is 65.6 Å². The third kappa shape index (κ3) is 3.64. The van der Waals surface area contributed by atoms with Crippen molar-refractivity contribution in [3.8, 4) is 33.2 Å². The van der Waals surface area contributed by atoms with Gasteiger partial charge in [-0.25, -0.2) is 9.97 Å². The van der Waals surface area contributed by atoms with Gasteiger partial charge in [0.2, 0.25) is 0 Å². The van der Waals surface area contributed by atoms with E-state index in [4.69, 9.17) is 4.98 Å². The Kier molecular flexibility index (Phi) is 4.93. The topological polar surface area (TPSA) is 99.3 Å². The molecule has 6 aromatic rings. The van der Waals surface area contributed by atoms with Crippen LogP contribution in [-0.4, -0.2) is 54.1 Å². The van der Waals surface area contributed by atoms with Gasteiger partial charge in [0.05, 0.1) is 22.9 Å². The lowest BCUT2D eigenvalue weighted by Gasteiger charge is -2.10. The number of nitrogens with one attached hydrogen (secondary N) is 2. The molecule has 0 atom stereocenters. The molecule has 0 aliphatic rings. The van der Waals surface area contributed by atoms with Gasteiger partial charge in [-0.2, -0.15) is 5.10 Å². The summed E-state index contributed by atoms with van der Waals surface area (Å²) in [6.45, 7) is 2.93. The van der Waals surface area contributed by atoms with Crippen LogP contribution in [0.3, 0.4) is 0 Å². The maximum atomic E-state index is 4.76. The molecule has 9 heteroatoms. The predicted octanol–water partition coefficient (Wildman–Crippen LogP) is 5.06. The van der Waals surface area contributed by atoms with E-state index >= 15 is 0 Å². The highest BCUT2D eigenvalue weighted by atomic mass is 32.1. The van der Waals surface area contributed by atoms with E-state index in [1.54, 1.807) is 23.7 Å². The number of imidazole rings is 1. The number of fused-ring (bicyclic) bond motifs is 2. The van der Waals surface area contributed by atoms with E-state index in [-0.39, 0.29) is 0 Å². The molecule has 6 heterocycles. The summed E-state index contributed by atoms with van der Waals surface area (Å²) < 4.78 is 0. The monoisotopic (exact) mass is 466 g/mol. The van der Waals surface area contributed by atoms with Gasteiger partial charge in [0.25, 0.3) is 0 Å². The van der Waals surface area contributed by atoms with Crippen molar-refractivity contribution in [1.29, 1.82) is 0 Å². The Hall–Kier alpha value is -3.95. The summed E-state index contributed by atoms with van der Waals surface area (Å²) >= 11 is 1.75. The van der Waals surface area contributed by atoms with Crippen LogP contribution < -0.4 is 0 Å². The second-order valence-electron chi connectivity index (χ2n) is 8.56. The molecule has 0 spiro atoms. The summed E-state index contributed by atoms with van der Waals surface area (Å²) in [5, 5.41) is 8.58. The molecule has 0 aliphatic heterocycles. The molecule has 0 aliphatic carbocycles. The molecule has 6 rings (SSSR count). The van der Waals surface area contributed by atoms with Crippen LogP contribution in [0.4, 0.5) is 0 Å². The highest BCUT2D eigenvalue weighted by molar-refractivity contribution is 7.15. The SMILES string of the molecule is Cc1ccc(-c2ccnc3nc(-c4n[nH]c5cnc(-c6cncc(CN(C)C)c6)cc45)[nH]c23)s1. The number of hydrogen-bond donors (Lipinski definition) is 2. The molecule has 0 unspecified atom stereocenters. The maximum absolute atomic E-state index is 4.76. The van der Waals surface area contributed by atoms with Gasteiger partial charge < -0.3 is 9.88 Å². The first-order valence-electron chi connectivity index (χ1n) is 10.9. The van der Waals surface area contributed by atoms with Crippen LogP contribution in [0, 0.1) is 6.92 Å². The molecule has 168 valence electrons. The Labute approximate surface area is 199 Å². The molecular weight excluding hydrogens is 444 g/mol. The highest BCUT2D eigenvalue weighted by Crippen LogP contribution is 2.34. The number of hydrogen-bond acceptors (Lipinski definition) is 7. The fraction of sp³-hybridized carbons (Fsp3) is 0.160. The van der Waals surface area contributed by atoms with Gasteiger partial charge in [-0.1, -0.05) is 0 Å². The van der Waals surface area contributed by atoms with E-state index in [1.165, 1.54) is 9.75 Å². The predicted molar refractivity (Wildman–Crippen MR) is 135 cm³/mol.